The Morgan fingerprint density at radius 1 is 1.00 bits per heavy atom. The Labute approximate surface area is 128 Å². The molecule has 0 amide bonds. The SMILES string of the molecule is O=c1c(-c2ccc(Cl)c(Cl)c2)coc2cc(O)cc(O)c12. The lowest BCUT2D eigenvalue weighted by atomic mass is 10.1. The van der Waals surface area contributed by atoms with Crippen LogP contribution in [-0.2, 0) is 0 Å². The molecule has 0 bridgehead atoms. The summed E-state index contributed by atoms with van der Waals surface area (Å²) in [6, 6.07) is 7.08. The van der Waals surface area contributed by atoms with Crippen molar-refractivity contribution in [3.8, 4) is 22.6 Å². The minimum absolute atomic E-state index is 0.00336. The van der Waals surface area contributed by atoms with Crippen molar-refractivity contribution in [3.63, 3.8) is 0 Å². The van der Waals surface area contributed by atoms with Gasteiger partial charge in [0.05, 0.1) is 15.6 Å². The first-order valence-electron chi connectivity index (χ1n) is 5.90. The summed E-state index contributed by atoms with van der Waals surface area (Å²) in [6.07, 6.45) is 1.25. The molecule has 2 N–H and O–H groups in total. The third-order valence-electron chi connectivity index (χ3n) is 3.07. The van der Waals surface area contributed by atoms with Gasteiger partial charge in [-0.05, 0) is 17.7 Å². The average Bonchev–Trinajstić information content (AvgIpc) is 2.41. The zero-order chi connectivity index (χ0) is 15.1. The number of benzene rings is 2. The van der Waals surface area contributed by atoms with Crippen molar-refractivity contribution in [3.05, 3.63) is 56.9 Å². The van der Waals surface area contributed by atoms with Crippen LogP contribution in [0.4, 0.5) is 0 Å². The number of phenols is 2. The summed E-state index contributed by atoms with van der Waals surface area (Å²) in [5, 5.41) is 19.9. The van der Waals surface area contributed by atoms with Crippen LogP contribution in [0.15, 0.2) is 45.8 Å². The van der Waals surface area contributed by atoms with Gasteiger partial charge in [0.1, 0.15) is 28.7 Å². The van der Waals surface area contributed by atoms with Crippen LogP contribution in [0, 0.1) is 0 Å². The molecule has 21 heavy (non-hydrogen) atoms. The molecule has 0 saturated carbocycles. The van der Waals surface area contributed by atoms with Crippen LogP contribution in [0.5, 0.6) is 11.5 Å². The lowest BCUT2D eigenvalue weighted by molar-refractivity contribution is 0.452. The van der Waals surface area contributed by atoms with Gasteiger partial charge in [0.25, 0.3) is 0 Å². The summed E-state index contributed by atoms with van der Waals surface area (Å²) in [7, 11) is 0. The minimum Gasteiger partial charge on any atom is -0.508 e. The fraction of sp³-hybridized carbons (Fsp3) is 0. The first-order chi connectivity index (χ1) is 9.97. The Kier molecular flexibility index (Phi) is 3.27. The Morgan fingerprint density at radius 2 is 1.76 bits per heavy atom. The molecule has 0 unspecified atom stereocenters. The van der Waals surface area contributed by atoms with E-state index < -0.39 is 5.43 Å². The smallest absolute Gasteiger partial charge is 0.204 e. The van der Waals surface area contributed by atoms with Gasteiger partial charge in [0, 0.05) is 12.1 Å². The second-order valence-electron chi connectivity index (χ2n) is 4.45. The van der Waals surface area contributed by atoms with Crippen LogP contribution in [0.1, 0.15) is 0 Å². The number of hydrogen-bond donors (Lipinski definition) is 2. The zero-order valence-electron chi connectivity index (χ0n) is 10.4. The first-order valence-corrected chi connectivity index (χ1v) is 6.66. The standard InChI is InChI=1S/C15H8Cl2O4/c16-10-2-1-7(3-11(10)17)9-6-21-13-5-8(18)4-12(19)14(13)15(9)20/h1-6,18-19H. The molecule has 0 radical (unpaired) electrons. The molecule has 0 fully saturated rings. The van der Waals surface area contributed by atoms with Crippen LogP contribution in [0.3, 0.4) is 0 Å². The van der Waals surface area contributed by atoms with E-state index in [0.717, 1.165) is 6.07 Å². The highest BCUT2D eigenvalue weighted by Crippen LogP contribution is 2.31. The molecule has 0 spiro atoms. The molecule has 106 valence electrons. The Hall–Kier alpha value is -2.17. The maximum absolute atomic E-state index is 12.5. The van der Waals surface area contributed by atoms with E-state index in [4.69, 9.17) is 27.6 Å². The second-order valence-corrected chi connectivity index (χ2v) is 5.26. The molecule has 1 heterocycles. The summed E-state index contributed by atoms with van der Waals surface area (Å²) in [5.41, 5.74) is 0.433. The lowest BCUT2D eigenvalue weighted by Crippen LogP contribution is -2.05. The van der Waals surface area contributed by atoms with Crippen LogP contribution in [0.2, 0.25) is 10.0 Å². The monoisotopic (exact) mass is 322 g/mol. The van der Waals surface area contributed by atoms with Crippen molar-refractivity contribution in [2.45, 2.75) is 0 Å². The Bertz CT molecular complexity index is 915. The van der Waals surface area contributed by atoms with Crippen molar-refractivity contribution in [2.24, 2.45) is 0 Å². The maximum Gasteiger partial charge on any atom is 0.204 e. The summed E-state index contributed by atoms with van der Waals surface area (Å²) in [6.45, 7) is 0. The predicted molar refractivity (Wildman–Crippen MR) is 81.3 cm³/mol. The van der Waals surface area contributed by atoms with Crippen LogP contribution in [0.25, 0.3) is 22.1 Å². The summed E-state index contributed by atoms with van der Waals surface area (Å²) < 4.78 is 5.31. The fourth-order valence-corrected chi connectivity index (χ4v) is 2.38. The number of fused-ring (bicyclic) bond motifs is 1. The van der Waals surface area contributed by atoms with Crippen LogP contribution >= 0.6 is 23.2 Å². The van der Waals surface area contributed by atoms with E-state index in [0.29, 0.717) is 15.6 Å². The van der Waals surface area contributed by atoms with E-state index in [-0.39, 0.29) is 28.0 Å². The quantitative estimate of drug-likeness (QED) is 0.705. The highest BCUT2D eigenvalue weighted by molar-refractivity contribution is 6.42. The largest absolute Gasteiger partial charge is 0.508 e. The van der Waals surface area contributed by atoms with E-state index in [1.165, 1.54) is 12.3 Å². The van der Waals surface area contributed by atoms with Gasteiger partial charge in [-0.15, -0.1) is 0 Å². The number of aromatic hydroxyl groups is 2. The van der Waals surface area contributed by atoms with Gasteiger partial charge >= 0.3 is 0 Å². The van der Waals surface area contributed by atoms with Crippen LogP contribution < -0.4 is 5.43 Å². The summed E-state index contributed by atoms with van der Waals surface area (Å²) in [4.78, 5) is 12.5. The summed E-state index contributed by atoms with van der Waals surface area (Å²) in [5.74, 6) is -0.536. The van der Waals surface area contributed by atoms with Crippen LogP contribution in [-0.4, -0.2) is 10.2 Å². The molecular weight excluding hydrogens is 315 g/mol. The zero-order valence-corrected chi connectivity index (χ0v) is 11.9. The highest BCUT2D eigenvalue weighted by Gasteiger charge is 2.14. The molecule has 2 aromatic carbocycles. The second kappa shape index (κ2) is 4.98. The minimum atomic E-state index is -0.424. The third kappa shape index (κ3) is 2.33. The molecular formula is C15H8Cl2O4. The van der Waals surface area contributed by atoms with Crippen molar-refractivity contribution in [2.75, 3.05) is 0 Å². The van der Waals surface area contributed by atoms with Crippen molar-refractivity contribution in [1.29, 1.82) is 0 Å². The Morgan fingerprint density at radius 3 is 2.48 bits per heavy atom. The highest BCUT2D eigenvalue weighted by atomic mass is 35.5. The van der Waals surface area contributed by atoms with Gasteiger partial charge in [0.15, 0.2) is 0 Å². The first kappa shape index (κ1) is 13.8. The molecule has 3 rings (SSSR count). The van der Waals surface area contributed by atoms with Gasteiger partial charge < -0.3 is 14.6 Å². The van der Waals surface area contributed by atoms with E-state index >= 15 is 0 Å². The molecule has 0 saturated heterocycles. The van der Waals surface area contributed by atoms with Gasteiger partial charge in [-0.25, -0.2) is 0 Å². The average molecular weight is 323 g/mol. The molecule has 0 aliphatic heterocycles. The van der Waals surface area contributed by atoms with Crippen molar-refractivity contribution in [1.82, 2.24) is 0 Å². The van der Waals surface area contributed by atoms with E-state index in [1.54, 1.807) is 18.2 Å². The number of hydrogen-bond acceptors (Lipinski definition) is 4. The molecule has 0 atom stereocenters. The van der Waals surface area contributed by atoms with Gasteiger partial charge in [0.2, 0.25) is 5.43 Å². The van der Waals surface area contributed by atoms with E-state index in [9.17, 15) is 15.0 Å². The number of halogens is 2. The lowest BCUT2D eigenvalue weighted by Gasteiger charge is -2.06. The predicted octanol–water partition coefficient (Wildman–Crippen LogP) is 4.18. The van der Waals surface area contributed by atoms with Crippen molar-refractivity contribution >= 4 is 34.2 Å². The molecule has 1 aromatic heterocycles. The fourth-order valence-electron chi connectivity index (χ4n) is 2.08. The topological polar surface area (TPSA) is 70.7 Å². The number of phenolic OH excluding ortho intramolecular Hbond substituents is 2. The molecule has 0 aliphatic carbocycles. The van der Waals surface area contributed by atoms with Gasteiger partial charge in [-0.3, -0.25) is 4.79 Å². The van der Waals surface area contributed by atoms with Gasteiger partial charge in [-0.1, -0.05) is 29.3 Å². The normalized spacial score (nSPS) is 11.0. The molecule has 6 heteroatoms. The summed E-state index contributed by atoms with van der Waals surface area (Å²) >= 11 is 11.8. The van der Waals surface area contributed by atoms with E-state index in [2.05, 4.69) is 0 Å². The van der Waals surface area contributed by atoms with E-state index in [1.807, 2.05) is 0 Å². The Balaban J connectivity index is 2.32. The molecule has 4 nitrogen and oxygen atoms in total. The molecule has 3 aromatic rings. The number of rotatable bonds is 1. The van der Waals surface area contributed by atoms with Crippen molar-refractivity contribution < 1.29 is 14.6 Å². The van der Waals surface area contributed by atoms with Gasteiger partial charge in [-0.2, -0.15) is 0 Å². The molecule has 0 aliphatic rings. The third-order valence-corrected chi connectivity index (χ3v) is 3.81. The maximum atomic E-state index is 12.5.